The SMILES string of the molecule is O=C1/C(=C/c2cnn(-c3ccccc3)c2)SC(=S)N1CCCN1CCOCC1. The van der Waals surface area contributed by atoms with Gasteiger partial charge < -0.3 is 4.74 Å². The van der Waals surface area contributed by atoms with Gasteiger partial charge in [0.25, 0.3) is 5.91 Å². The Balaban J connectivity index is 1.37. The van der Waals surface area contributed by atoms with Crippen LogP contribution in [0.1, 0.15) is 12.0 Å². The molecule has 4 rings (SSSR count). The van der Waals surface area contributed by atoms with Crippen molar-refractivity contribution in [3.63, 3.8) is 0 Å². The summed E-state index contributed by atoms with van der Waals surface area (Å²) in [7, 11) is 0. The molecule has 2 aliphatic heterocycles. The Kier molecular flexibility index (Phi) is 6.21. The molecule has 146 valence electrons. The van der Waals surface area contributed by atoms with Crippen LogP contribution in [0.15, 0.2) is 47.6 Å². The number of carbonyl (C=O) groups is 1. The fraction of sp³-hybridized carbons (Fsp3) is 0.350. The van der Waals surface area contributed by atoms with Crippen molar-refractivity contribution < 1.29 is 9.53 Å². The summed E-state index contributed by atoms with van der Waals surface area (Å²) in [5.41, 5.74) is 1.87. The highest BCUT2D eigenvalue weighted by Crippen LogP contribution is 2.32. The molecule has 0 spiro atoms. The summed E-state index contributed by atoms with van der Waals surface area (Å²) in [5, 5.41) is 4.38. The van der Waals surface area contributed by atoms with Gasteiger partial charge >= 0.3 is 0 Å². The third-order valence-electron chi connectivity index (χ3n) is 4.75. The van der Waals surface area contributed by atoms with Crippen LogP contribution in [0.4, 0.5) is 0 Å². The van der Waals surface area contributed by atoms with Gasteiger partial charge in [-0.3, -0.25) is 14.6 Å². The van der Waals surface area contributed by atoms with E-state index in [1.54, 1.807) is 15.8 Å². The standard InChI is InChI=1S/C20H22N4O2S2/c25-19-18(13-16-14-21-24(15-16)17-5-2-1-3-6-17)28-20(27)23(19)8-4-7-22-9-11-26-12-10-22/h1-3,5-6,13-15H,4,7-12H2/b18-13-. The van der Waals surface area contributed by atoms with Crippen molar-refractivity contribution >= 4 is 40.3 Å². The first kappa shape index (κ1) is 19.3. The van der Waals surface area contributed by atoms with Crippen molar-refractivity contribution in [2.45, 2.75) is 6.42 Å². The molecule has 28 heavy (non-hydrogen) atoms. The van der Waals surface area contributed by atoms with Crippen molar-refractivity contribution in [2.75, 3.05) is 39.4 Å². The number of para-hydroxylation sites is 1. The van der Waals surface area contributed by atoms with Crippen LogP contribution in [-0.4, -0.2) is 69.2 Å². The summed E-state index contributed by atoms with van der Waals surface area (Å²) >= 11 is 6.80. The first-order valence-corrected chi connectivity index (χ1v) is 10.6. The Morgan fingerprint density at radius 3 is 2.75 bits per heavy atom. The molecule has 0 saturated carbocycles. The minimum absolute atomic E-state index is 0.00978. The van der Waals surface area contributed by atoms with Crippen LogP contribution in [-0.2, 0) is 9.53 Å². The molecule has 1 aromatic heterocycles. The maximum absolute atomic E-state index is 12.8. The molecule has 2 aromatic rings. The number of carbonyl (C=O) groups excluding carboxylic acids is 1. The minimum Gasteiger partial charge on any atom is -0.379 e. The lowest BCUT2D eigenvalue weighted by atomic mass is 10.3. The Bertz CT molecular complexity index is 875. The smallest absolute Gasteiger partial charge is 0.266 e. The first-order valence-electron chi connectivity index (χ1n) is 9.36. The molecule has 0 radical (unpaired) electrons. The van der Waals surface area contributed by atoms with E-state index in [0.717, 1.165) is 50.5 Å². The van der Waals surface area contributed by atoms with Gasteiger partial charge in [-0.05, 0) is 24.6 Å². The van der Waals surface area contributed by atoms with Crippen LogP contribution in [0, 0.1) is 0 Å². The first-order chi connectivity index (χ1) is 13.7. The van der Waals surface area contributed by atoms with E-state index in [0.29, 0.717) is 15.8 Å². The summed E-state index contributed by atoms with van der Waals surface area (Å²) in [4.78, 5) is 17.5. The van der Waals surface area contributed by atoms with E-state index in [2.05, 4.69) is 10.00 Å². The summed E-state index contributed by atoms with van der Waals surface area (Å²) in [6.07, 6.45) is 6.46. The van der Waals surface area contributed by atoms with Crippen molar-refractivity contribution in [2.24, 2.45) is 0 Å². The molecule has 3 heterocycles. The molecule has 2 saturated heterocycles. The number of rotatable bonds is 6. The molecule has 0 N–H and O–H groups in total. The number of aromatic nitrogens is 2. The lowest BCUT2D eigenvalue weighted by Crippen LogP contribution is -2.38. The molecule has 2 fully saturated rings. The van der Waals surface area contributed by atoms with Crippen molar-refractivity contribution in [3.8, 4) is 5.69 Å². The molecule has 0 atom stereocenters. The van der Waals surface area contributed by atoms with Gasteiger partial charge in [0, 0.05) is 37.9 Å². The van der Waals surface area contributed by atoms with Gasteiger partial charge in [0.1, 0.15) is 4.32 Å². The van der Waals surface area contributed by atoms with Crippen LogP contribution in [0.25, 0.3) is 11.8 Å². The van der Waals surface area contributed by atoms with E-state index >= 15 is 0 Å². The van der Waals surface area contributed by atoms with Gasteiger partial charge in [-0.1, -0.05) is 42.2 Å². The highest BCUT2D eigenvalue weighted by atomic mass is 32.2. The Morgan fingerprint density at radius 1 is 1.18 bits per heavy atom. The van der Waals surface area contributed by atoms with Crippen LogP contribution in [0.3, 0.4) is 0 Å². The van der Waals surface area contributed by atoms with Crippen LogP contribution in [0.2, 0.25) is 0 Å². The predicted octanol–water partition coefficient (Wildman–Crippen LogP) is 2.80. The van der Waals surface area contributed by atoms with Gasteiger partial charge in [0.2, 0.25) is 0 Å². The summed E-state index contributed by atoms with van der Waals surface area (Å²) < 4.78 is 7.80. The molecule has 0 unspecified atom stereocenters. The van der Waals surface area contributed by atoms with Gasteiger partial charge in [0.15, 0.2) is 0 Å². The molecule has 2 aliphatic rings. The zero-order chi connectivity index (χ0) is 19.3. The zero-order valence-electron chi connectivity index (χ0n) is 15.5. The number of benzene rings is 1. The number of thioether (sulfide) groups is 1. The summed E-state index contributed by atoms with van der Waals surface area (Å²) in [6, 6.07) is 9.89. The molecule has 8 heteroatoms. The Labute approximate surface area is 174 Å². The van der Waals surface area contributed by atoms with Gasteiger partial charge in [-0.15, -0.1) is 0 Å². The minimum atomic E-state index is -0.00978. The lowest BCUT2D eigenvalue weighted by Gasteiger charge is -2.27. The number of thiocarbonyl (C=S) groups is 1. The number of ether oxygens (including phenoxy) is 1. The van der Waals surface area contributed by atoms with E-state index in [1.807, 2.05) is 42.6 Å². The maximum Gasteiger partial charge on any atom is 0.266 e. The zero-order valence-corrected chi connectivity index (χ0v) is 17.1. The molecular formula is C20H22N4O2S2. The molecule has 1 aromatic carbocycles. The van der Waals surface area contributed by atoms with E-state index in [9.17, 15) is 4.79 Å². The van der Waals surface area contributed by atoms with Gasteiger partial charge in [-0.25, -0.2) is 4.68 Å². The third-order valence-corrected chi connectivity index (χ3v) is 6.13. The van der Waals surface area contributed by atoms with E-state index < -0.39 is 0 Å². The number of hydrogen-bond acceptors (Lipinski definition) is 6. The molecular weight excluding hydrogens is 392 g/mol. The quantitative estimate of drug-likeness (QED) is 0.535. The second kappa shape index (κ2) is 9.00. The maximum atomic E-state index is 12.8. The molecule has 0 bridgehead atoms. The van der Waals surface area contributed by atoms with E-state index in [4.69, 9.17) is 17.0 Å². The highest BCUT2D eigenvalue weighted by Gasteiger charge is 2.31. The summed E-state index contributed by atoms with van der Waals surface area (Å²) in [6.45, 7) is 5.13. The average Bonchev–Trinajstić information content (AvgIpc) is 3.30. The summed E-state index contributed by atoms with van der Waals surface area (Å²) in [5.74, 6) is -0.00978. The van der Waals surface area contributed by atoms with Gasteiger partial charge in [0.05, 0.1) is 30.0 Å². The highest BCUT2D eigenvalue weighted by molar-refractivity contribution is 8.26. The molecule has 0 aliphatic carbocycles. The Hall–Kier alpha value is -2.00. The van der Waals surface area contributed by atoms with Crippen LogP contribution < -0.4 is 0 Å². The second-order valence-electron chi connectivity index (χ2n) is 6.69. The predicted molar refractivity (Wildman–Crippen MR) is 115 cm³/mol. The Morgan fingerprint density at radius 2 is 1.96 bits per heavy atom. The fourth-order valence-corrected chi connectivity index (χ4v) is 4.56. The second-order valence-corrected chi connectivity index (χ2v) is 8.37. The van der Waals surface area contributed by atoms with Crippen molar-refractivity contribution in [1.82, 2.24) is 19.6 Å². The number of amides is 1. The number of nitrogens with zero attached hydrogens (tertiary/aromatic N) is 4. The van der Waals surface area contributed by atoms with E-state index in [-0.39, 0.29) is 5.91 Å². The van der Waals surface area contributed by atoms with E-state index in [1.165, 1.54) is 11.8 Å². The fourth-order valence-electron chi connectivity index (χ4n) is 3.25. The topological polar surface area (TPSA) is 50.6 Å². The number of morpholine rings is 1. The molecule has 6 nitrogen and oxygen atoms in total. The average molecular weight is 415 g/mol. The van der Waals surface area contributed by atoms with Crippen LogP contribution in [0.5, 0.6) is 0 Å². The molecule has 1 amide bonds. The van der Waals surface area contributed by atoms with Crippen molar-refractivity contribution in [3.05, 3.63) is 53.2 Å². The third kappa shape index (κ3) is 4.52. The largest absolute Gasteiger partial charge is 0.379 e. The van der Waals surface area contributed by atoms with Crippen molar-refractivity contribution in [1.29, 1.82) is 0 Å². The monoisotopic (exact) mass is 414 g/mol. The lowest BCUT2D eigenvalue weighted by molar-refractivity contribution is -0.122. The van der Waals surface area contributed by atoms with Gasteiger partial charge in [-0.2, -0.15) is 5.10 Å². The number of hydrogen-bond donors (Lipinski definition) is 0. The normalized spacial score (nSPS) is 19.7. The van der Waals surface area contributed by atoms with Crippen LogP contribution >= 0.6 is 24.0 Å².